The molecule has 1 aromatic carbocycles. The van der Waals surface area contributed by atoms with Crippen molar-refractivity contribution in [3.05, 3.63) is 29.6 Å². The van der Waals surface area contributed by atoms with E-state index in [-0.39, 0.29) is 6.61 Å². The first-order chi connectivity index (χ1) is 6.22. The van der Waals surface area contributed by atoms with Gasteiger partial charge in [-0.15, -0.1) is 0 Å². The fourth-order valence-corrected chi connectivity index (χ4v) is 0.905. The molecular weight excluding hydrogens is 169 g/mol. The molecule has 1 rings (SSSR count). The molecule has 0 bridgehead atoms. The van der Waals surface area contributed by atoms with Gasteiger partial charge in [-0.2, -0.15) is 0 Å². The maximum atomic E-state index is 12.7. The topological polar surface area (TPSA) is 46.2 Å². The van der Waals surface area contributed by atoms with Crippen LogP contribution >= 0.6 is 0 Å². The van der Waals surface area contributed by atoms with Gasteiger partial charge in [-0.1, -0.05) is 11.8 Å². The predicted molar refractivity (Wildman–Crippen MR) is 49.4 cm³/mol. The van der Waals surface area contributed by atoms with Gasteiger partial charge in [0.1, 0.15) is 5.82 Å². The van der Waals surface area contributed by atoms with Crippen LogP contribution < -0.4 is 5.73 Å². The van der Waals surface area contributed by atoms with E-state index >= 15 is 0 Å². The van der Waals surface area contributed by atoms with Crippen molar-refractivity contribution in [2.45, 2.75) is 6.42 Å². The monoisotopic (exact) mass is 179 g/mol. The van der Waals surface area contributed by atoms with Gasteiger partial charge in [0.2, 0.25) is 0 Å². The fourth-order valence-electron chi connectivity index (χ4n) is 0.905. The summed E-state index contributed by atoms with van der Waals surface area (Å²) >= 11 is 0. The van der Waals surface area contributed by atoms with Crippen LogP contribution in [0.5, 0.6) is 0 Å². The summed E-state index contributed by atoms with van der Waals surface area (Å²) in [5, 5.41) is 8.45. The van der Waals surface area contributed by atoms with Gasteiger partial charge in [0.25, 0.3) is 0 Å². The lowest BCUT2D eigenvalue weighted by atomic mass is 10.2. The third-order valence-electron chi connectivity index (χ3n) is 1.39. The number of hydrogen-bond donors (Lipinski definition) is 2. The van der Waals surface area contributed by atoms with Crippen LogP contribution in [-0.4, -0.2) is 11.7 Å². The molecule has 2 nitrogen and oxygen atoms in total. The second kappa shape index (κ2) is 4.48. The molecule has 0 unspecified atom stereocenters. The van der Waals surface area contributed by atoms with E-state index in [1.54, 1.807) is 6.07 Å². The second-order valence-electron chi connectivity index (χ2n) is 2.55. The molecule has 0 saturated heterocycles. The third-order valence-corrected chi connectivity index (χ3v) is 1.39. The Kier molecular flexibility index (Phi) is 3.30. The predicted octanol–water partition coefficient (Wildman–Crippen LogP) is 1.14. The molecule has 0 atom stereocenters. The van der Waals surface area contributed by atoms with E-state index < -0.39 is 5.82 Å². The van der Waals surface area contributed by atoms with Gasteiger partial charge in [0.15, 0.2) is 0 Å². The quantitative estimate of drug-likeness (QED) is 0.501. The minimum absolute atomic E-state index is 0.0117. The first-order valence-electron chi connectivity index (χ1n) is 3.88. The van der Waals surface area contributed by atoms with Crippen molar-refractivity contribution in [1.29, 1.82) is 0 Å². The number of rotatable bonds is 1. The van der Waals surface area contributed by atoms with Crippen molar-refractivity contribution in [2.24, 2.45) is 0 Å². The van der Waals surface area contributed by atoms with E-state index in [2.05, 4.69) is 11.8 Å². The molecule has 1 aromatic rings. The molecule has 0 amide bonds. The lowest BCUT2D eigenvalue weighted by Gasteiger charge is -1.94. The Morgan fingerprint density at radius 3 is 2.77 bits per heavy atom. The van der Waals surface area contributed by atoms with Crippen molar-refractivity contribution in [1.82, 2.24) is 0 Å². The summed E-state index contributed by atoms with van der Waals surface area (Å²) in [6.07, 6.45) is 0.385. The zero-order chi connectivity index (χ0) is 9.68. The molecule has 0 heterocycles. The summed E-state index contributed by atoms with van der Waals surface area (Å²) in [4.78, 5) is 0. The number of nitrogens with two attached hydrogens (primary N) is 1. The first kappa shape index (κ1) is 9.56. The Hall–Kier alpha value is -1.53. The van der Waals surface area contributed by atoms with E-state index in [4.69, 9.17) is 10.8 Å². The number of hydrogen-bond acceptors (Lipinski definition) is 2. The zero-order valence-corrected chi connectivity index (χ0v) is 7.05. The Labute approximate surface area is 76.2 Å². The molecule has 0 spiro atoms. The van der Waals surface area contributed by atoms with Crippen molar-refractivity contribution < 1.29 is 9.50 Å². The molecule has 3 heteroatoms. The van der Waals surface area contributed by atoms with Crippen molar-refractivity contribution >= 4 is 5.69 Å². The standard InChI is InChI=1S/C10H10FNO/c11-9-5-8(3-1-2-4-13)6-10(12)7-9/h5-7,13H,2,4,12H2. The van der Waals surface area contributed by atoms with Crippen LogP contribution in [0.4, 0.5) is 10.1 Å². The van der Waals surface area contributed by atoms with E-state index in [0.717, 1.165) is 0 Å². The minimum Gasteiger partial charge on any atom is -0.399 e. The number of aliphatic hydroxyl groups excluding tert-OH is 1. The van der Waals surface area contributed by atoms with Gasteiger partial charge in [-0.05, 0) is 18.2 Å². The van der Waals surface area contributed by atoms with Gasteiger partial charge < -0.3 is 10.8 Å². The lowest BCUT2D eigenvalue weighted by molar-refractivity contribution is 0.305. The van der Waals surface area contributed by atoms with Crippen LogP contribution in [0, 0.1) is 17.7 Å². The van der Waals surface area contributed by atoms with Gasteiger partial charge in [0, 0.05) is 17.7 Å². The lowest BCUT2D eigenvalue weighted by Crippen LogP contribution is -1.88. The maximum absolute atomic E-state index is 12.7. The minimum atomic E-state index is -0.395. The summed E-state index contributed by atoms with van der Waals surface area (Å²) in [6.45, 7) is 0.0117. The zero-order valence-electron chi connectivity index (χ0n) is 7.05. The molecule has 3 N–H and O–H groups in total. The number of nitrogen functional groups attached to an aromatic ring is 1. The molecule has 0 saturated carbocycles. The summed E-state index contributed by atoms with van der Waals surface area (Å²) in [5.74, 6) is 4.99. The van der Waals surface area contributed by atoms with E-state index in [0.29, 0.717) is 17.7 Å². The van der Waals surface area contributed by atoms with Crippen molar-refractivity contribution in [3.8, 4) is 11.8 Å². The maximum Gasteiger partial charge on any atom is 0.126 e. The normalized spacial score (nSPS) is 9.08. The Morgan fingerprint density at radius 2 is 2.15 bits per heavy atom. The molecule has 68 valence electrons. The first-order valence-corrected chi connectivity index (χ1v) is 3.88. The summed E-state index contributed by atoms with van der Waals surface area (Å²) in [7, 11) is 0. The van der Waals surface area contributed by atoms with Crippen LogP contribution in [0.3, 0.4) is 0 Å². The number of halogens is 1. The van der Waals surface area contributed by atoms with Gasteiger partial charge >= 0.3 is 0 Å². The summed E-state index contributed by atoms with van der Waals surface area (Å²) in [6, 6.07) is 4.13. The van der Waals surface area contributed by atoms with Crippen LogP contribution in [0.25, 0.3) is 0 Å². The smallest absolute Gasteiger partial charge is 0.126 e. The Balaban J connectivity index is 2.85. The molecule has 0 fully saturated rings. The van der Waals surface area contributed by atoms with Gasteiger partial charge in [-0.25, -0.2) is 4.39 Å². The fraction of sp³-hybridized carbons (Fsp3) is 0.200. The van der Waals surface area contributed by atoms with Crippen LogP contribution in [0.15, 0.2) is 18.2 Å². The number of anilines is 1. The highest BCUT2D eigenvalue weighted by molar-refractivity contribution is 5.47. The number of benzene rings is 1. The van der Waals surface area contributed by atoms with Crippen molar-refractivity contribution in [2.75, 3.05) is 12.3 Å². The highest BCUT2D eigenvalue weighted by Crippen LogP contribution is 2.09. The third kappa shape index (κ3) is 3.14. The highest BCUT2D eigenvalue weighted by atomic mass is 19.1. The van der Waals surface area contributed by atoms with Crippen molar-refractivity contribution in [3.63, 3.8) is 0 Å². The Bertz CT molecular complexity index is 331. The number of aliphatic hydroxyl groups is 1. The van der Waals surface area contributed by atoms with E-state index in [9.17, 15) is 4.39 Å². The molecular formula is C10H10FNO. The average Bonchev–Trinajstić information content (AvgIpc) is 2.03. The Morgan fingerprint density at radius 1 is 1.38 bits per heavy atom. The van der Waals surface area contributed by atoms with E-state index in [1.165, 1.54) is 12.1 Å². The summed E-state index contributed by atoms with van der Waals surface area (Å²) < 4.78 is 12.7. The average molecular weight is 179 g/mol. The molecule has 13 heavy (non-hydrogen) atoms. The van der Waals surface area contributed by atoms with Crippen LogP contribution in [0.1, 0.15) is 12.0 Å². The van der Waals surface area contributed by atoms with Gasteiger partial charge in [0.05, 0.1) is 6.61 Å². The molecule has 0 aliphatic carbocycles. The van der Waals surface area contributed by atoms with Gasteiger partial charge in [-0.3, -0.25) is 0 Å². The molecule has 0 radical (unpaired) electrons. The molecule has 0 aliphatic rings. The highest BCUT2D eigenvalue weighted by Gasteiger charge is 1.94. The van der Waals surface area contributed by atoms with Crippen LogP contribution in [0.2, 0.25) is 0 Å². The van der Waals surface area contributed by atoms with E-state index in [1.807, 2.05) is 0 Å². The molecule has 0 aromatic heterocycles. The SMILES string of the molecule is Nc1cc(F)cc(C#CCCO)c1. The second-order valence-corrected chi connectivity index (χ2v) is 2.55. The largest absolute Gasteiger partial charge is 0.399 e. The summed E-state index contributed by atoms with van der Waals surface area (Å²) in [5.41, 5.74) is 6.29. The molecule has 0 aliphatic heterocycles. The van der Waals surface area contributed by atoms with Crippen LogP contribution in [-0.2, 0) is 0 Å².